The maximum Gasteiger partial charge on any atom is 0.387 e. The van der Waals surface area contributed by atoms with E-state index >= 15 is 0 Å². The van der Waals surface area contributed by atoms with Crippen LogP contribution in [0.25, 0.3) is 0 Å². The summed E-state index contributed by atoms with van der Waals surface area (Å²) in [5.41, 5.74) is 0.297. The Morgan fingerprint density at radius 2 is 2.00 bits per heavy atom. The predicted octanol–water partition coefficient (Wildman–Crippen LogP) is 1.70. The molecule has 0 N–H and O–H groups in total. The van der Waals surface area contributed by atoms with Crippen LogP contribution in [0.3, 0.4) is 0 Å². The molecule has 168 valence electrons. The fraction of sp³-hybridized carbons (Fsp3) is 0.571. The lowest BCUT2D eigenvalue weighted by Crippen LogP contribution is -2.71. The van der Waals surface area contributed by atoms with Crippen molar-refractivity contribution in [3.63, 3.8) is 0 Å². The number of amides is 3. The lowest BCUT2D eigenvalue weighted by molar-refractivity contribution is -0.167. The Morgan fingerprint density at radius 1 is 1.26 bits per heavy atom. The fourth-order valence-corrected chi connectivity index (χ4v) is 4.52. The molecular weight excluding hydrogens is 412 g/mol. The van der Waals surface area contributed by atoms with E-state index in [-0.39, 0.29) is 49.1 Å². The standard InChI is InChI=1S/C21H25F2N3O5/c1-13-19(28)24(11-16-3-2-10-30-16)12-17-25(9-8-18(27)26(13)17)20(29)14-4-6-15(7-5-14)31-21(22)23/h4-7,13,16-17,21H,2-3,8-12H2,1H3. The van der Waals surface area contributed by atoms with Crippen molar-refractivity contribution in [3.05, 3.63) is 29.8 Å². The smallest absolute Gasteiger partial charge is 0.387 e. The highest BCUT2D eigenvalue weighted by atomic mass is 19.3. The van der Waals surface area contributed by atoms with E-state index in [1.54, 1.807) is 16.7 Å². The number of hydrogen-bond donors (Lipinski definition) is 0. The van der Waals surface area contributed by atoms with Crippen LogP contribution in [0.1, 0.15) is 36.5 Å². The molecule has 4 rings (SSSR count). The Balaban J connectivity index is 1.54. The van der Waals surface area contributed by atoms with Gasteiger partial charge in [-0.25, -0.2) is 0 Å². The number of carbonyl (C=O) groups is 3. The Labute approximate surface area is 178 Å². The molecule has 3 heterocycles. The van der Waals surface area contributed by atoms with Gasteiger partial charge in [0.05, 0.1) is 12.6 Å². The van der Waals surface area contributed by atoms with Crippen LogP contribution in [-0.4, -0.2) is 83.6 Å². The van der Waals surface area contributed by atoms with E-state index in [1.165, 1.54) is 29.2 Å². The van der Waals surface area contributed by atoms with Crippen LogP contribution >= 0.6 is 0 Å². The molecule has 3 unspecified atom stereocenters. The lowest BCUT2D eigenvalue weighted by atomic mass is 10.0. The number of hydrogen-bond acceptors (Lipinski definition) is 5. The molecule has 3 amide bonds. The van der Waals surface area contributed by atoms with Crippen molar-refractivity contribution in [3.8, 4) is 5.75 Å². The molecule has 0 radical (unpaired) electrons. The van der Waals surface area contributed by atoms with Gasteiger partial charge in [0.15, 0.2) is 0 Å². The molecule has 3 aliphatic heterocycles. The summed E-state index contributed by atoms with van der Waals surface area (Å²) >= 11 is 0. The first-order valence-electron chi connectivity index (χ1n) is 10.4. The summed E-state index contributed by atoms with van der Waals surface area (Å²) in [7, 11) is 0. The second-order valence-corrected chi connectivity index (χ2v) is 7.99. The second kappa shape index (κ2) is 8.78. The molecule has 31 heavy (non-hydrogen) atoms. The number of halogens is 2. The molecule has 3 saturated heterocycles. The van der Waals surface area contributed by atoms with Crippen molar-refractivity contribution < 1.29 is 32.6 Å². The van der Waals surface area contributed by atoms with Crippen LogP contribution in [0.15, 0.2) is 24.3 Å². The molecule has 0 spiro atoms. The molecule has 8 nitrogen and oxygen atoms in total. The SMILES string of the molecule is CC1C(=O)N(CC2CCCO2)CC2N(C(=O)c3ccc(OC(F)F)cc3)CCC(=O)N12. The number of alkyl halides is 2. The highest BCUT2D eigenvalue weighted by Crippen LogP contribution is 2.28. The highest BCUT2D eigenvalue weighted by Gasteiger charge is 2.47. The Bertz CT molecular complexity index is 844. The number of rotatable bonds is 5. The average Bonchev–Trinajstić information content (AvgIpc) is 3.24. The van der Waals surface area contributed by atoms with Gasteiger partial charge in [0, 0.05) is 31.7 Å². The maximum absolute atomic E-state index is 13.2. The van der Waals surface area contributed by atoms with E-state index in [9.17, 15) is 23.2 Å². The summed E-state index contributed by atoms with van der Waals surface area (Å²) in [5.74, 6) is -0.679. The van der Waals surface area contributed by atoms with E-state index in [0.29, 0.717) is 18.7 Å². The van der Waals surface area contributed by atoms with Gasteiger partial charge >= 0.3 is 6.61 Å². The minimum atomic E-state index is -2.95. The largest absolute Gasteiger partial charge is 0.435 e. The van der Waals surface area contributed by atoms with Gasteiger partial charge in [-0.2, -0.15) is 8.78 Å². The van der Waals surface area contributed by atoms with Gasteiger partial charge in [-0.1, -0.05) is 0 Å². The molecule has 3 atom stereocenters. The Morgan fingerprint density at radius 3 is 2.65 bits per heavy atom. The van der Waals surface area contributed by atoms with Gasteiger partial charge in [0.2, 0.25) is 11.8 Å². The van der Waals surface area contributed by atoms with Crippen LogP contribution in [0.2, 0.25) is 0 Å². The number of ether oxygens (including phenoxy) is 2. The van der Waals surface area contributed by atoms with Gasteiger partial charge in [0.25, 0.3) is 5.91 Å². The summed E-state index contributed by atoms with van der Waals surface area (Å²) < 4.78 is 34.7. The molecule has 1 aromatic carbocycles. The molecule has 3 fully saturated rings. The molecule has 3 aliphatic rings. The summed E-state index contributed by atoms with van der Waals surface area (Å²) in [5, 5.41) is 0. The molecule has 0 aromatic heterocycles. The normalized spacial score (nSPS) is 26.5. The number of piperazine rings is 1. The third-order valence-electron chi connectivity index (χ3n) is 6.04. The third-order valence-corrected chi connectivity index (χ3v) is 6.04. The first-order valence-corrected chi connectivity index (χ1v) is 10.4. The van der Waals surface area contributed by atoms with E-state index in [0.717, 1.165) is 12.8 Å². The van der Waals surface area contributed by atoms with E-state index in [2.05, 4.69) is 4.74 Å². The van der Waals surface area contributed by atoms with Crippen LogP contribution in [-0.2, 0) is 14.3 Å². The first-order chi connectivity index (χ1) is 14.8. The van der Waals surface area contributed by atoms with Crippen LogP contribution in [0.4, 0.5) is 8.78 Å². The third kappa shape index (κ3) is 4.34. The maximum atomic E-state index is 13.2. The quantitative estimate of drug-likeness (QED) is 0.701. The van der Waals surface area contributed by atoms with Crippen molar-refractivity contribution in [1.29, 1.82) is 0 Å². The van der Waals surface area contributed by atoms with Crippen LogP contribution in [0, 0.1) is 0 Å². The molecule has 1 aromatic rings. The number of nitrogens with zero attached hydrogens (tertiary/aromatic N) is 3. The van der Waals surface area contributed by atoms with Gasteiger partial charge in [-0.15, -0.1) is 0 Å². The zero-order valence-electron chi connectivity index (χ0n) is 17.2. The number of carbonyl (C=O) groups excluding carboxylic acids is 3. The molecule has 10 heteroatoms. The summed E-state index contributed by atoms with van der Waals surface area (Å²) in [6.45, 7) is 0.282. The summed E-state index contributed by atoms with van der Waals surface area (Å²) in [6, 6.07) is 4.78. The average molecular weight is 437 g/mol. The summed E-state index contributed by atoms with van der Waals surface area (Å²) in [6.07, 6.45) is 1.33. The van der Waals surface area contributed by atoms with Gasteiger partial charge in [-0.3, -0.25) is 14.4 Å². The Hall–Kier alpha value is -2.75. The Kier molecular flexibility index (Phi) is 6.08. The fourth-order valence-electron chi connectivity index (χ4n) is 4.52. The van der Waals surface area contributed by atoms with Crippen molar-refractivity contribution >= 4 is 17.7 Å². The van der Waals surface area contributed by atoms with Crippen molar-refractivity contribution in [2.75, 3.05) is 26.2 Å². The van der Waals surface area contributed by atoms with Crippen LogP contribution in [0.5, 0.6) is 5.75 Å². The minimum Gasteiger partial charge on any atom is -0.435 e. The van der Waals surface area contributed by atoms with Crippen molar-refractivity contribution in [2.24, 2.45) is 0 Å². The van der Waals surface area contributed by atoms with E-state index in [1.807, 2.05) is 0 Å². The summed E-state index contributed by atoms with van der Waals surface area (Å²) in [4.78, 5) is 43.4. The molecule has 0 aliphatic carbocycles. The van der Waals surface area contributed by atoms with Gasteiger partial charge < -0.3 is 24.2 Å². The zero-order chi connectivity index (χ0) is 22.1. The topological polar surface area (TPSA) is 79.4 Å². The van der Waals surface area contributed by atoms with Gasteiger partial charge in [-0.05, 0) is 44.0 Å². The van der Waals surface area contributed by atoms with Crippen LogP contribution < -0.4 is 4.74 Å². The van der Waals surface area contributed by atoms with E-state index in [4.69, 9.17) is 4.74 Å². The molecule has 0 saturated carbocycles. The van der Waals surface area contributed by atoms with Gasteiger partial charge in [0.1, 0.15) is 18.0 Å². The number of fused-ring (bicyclic) bond motifs is 1. The molecular formula is C21H25F2N3O5. The predicted molar refractivity (Wildman–Crippen MR) is 104 cm³/mol. The highest BCUT2D eigenvalue weighted by molar-refractivity contribution is 5.97. The lowest BCUT2D eigenvalue weighted by Gasteiger charge is -2.51. The zero-order valence-corrected chi connectivity index (χ0v) is 17.2. The second-order valence-electron chi connectivity index (χ2n) is 7.99. The molecule has 0 bridgehead atoms. The monoisotopic (exact) mass is 437 g/mol. The number of benzene rings is 1. The minimum absolute atomic E-state index is 0.0338. The van der Waals surface area contributed by atoms with E-state index < -0.39 is 18.8 Å². The van der Waals surface area contributed by atoms with Crippen molar-refractivity contribution in [2.45, 2.75) is 51.1 Å². The van der Waals surface area contributed by atoms with Crippen molar-refractivity contribution in [1.82, 2.24) is 14.7 Å². The first kappa shape index (κ1) is 21.5.